The lowest BCUT2D eigenvalue weighted by Gasteiger charge is -2.23. The third kappa shape index (κ3) is 3.62. The molecule has 0 aliphatic heterocycles. The van der Waals surface area contributed by atoms with Crippen LogP contribution >= 0.6 is 7.14 Å². The van der Waals surface area contributed by atoms with Crippen LogP contribution < -0.4 is 15.9 Å². The first-order chi connectivity index (χ1) is 20.2. The molecule has 41 heavy (non-hydrogen) atoms. The molecule has 0 aliphatic carbocycles. The molecule has 0 saturated heterocycles. The normalized spacial score (nSPS) is 13.2. The summed E-state index contributed by atoms with van der Waals surface area (Å²) in [7, 11) is -3.28. The summed E-state index contributed by atoms with van der Waals surface area (Å²) in [6, 6.07) is 54.3. The van der Waals surface area contributed by atoms with Crippen LogP contribution in [0.5, 0.6) is 0 Å². The monoisotopic (exact) mass is 543 g/mol. The van der Waals surface area contributed by atoms with Crippen LogP contribution in [0.25, 0.3) is 49.0 Å². The largest absolute Gasteiger partial charge is 0.309 e. The first kappa shape index (κ1) is 23.9. The number of fused-ring (bicyclic) bond motifs is 6. The molecule has 1 atom stereocenters. The molecule has 194 valence electrons. The van der Waals surface area contributed by atoms with Crippen LogP contribution in [-0.2, 0) is 4.57 Å². The molecule has 0 spiro atoms. The summed E-state index contributed by atoms with van der Waals surface area (Å²) >= 11 is 0. The van der Waals surface area contributed by atoms with E-state index in [2.05, 4.69) is 120 Å². The van der Waals surface area contributed by atoms with Crippen LogP contribution in [0.1, 0.15) is 0 Å². The molecule has 2 nitrogen and oxygen atoms in total. The summed E-state index contributed by atoms with van der Waals surface area (Å²) in [6.45, 7) is 0. The number of rotatable bonds is 4. The third-order valence-corrected chi connectivity index (χ3v) is 11.3. The Bertz CT molecular complexity index is 2280. The minimum atomic E-state index is -3.28. The van der Waals surface area contributed by atoms with Crippen molar-refractivity contribution < 1.29 is 4.57 Å². The van der Waals surface area contributed by atoms with E-state index >= 15 is 4.57 Å². The van der Waals surface area contributed by atoms with Crippen LogP contribution in [0.3, 0.4) is 0 Å². The summed E-state index contributed by atoms with van der Waals surface area (Å²) in [5.41, 5.74) is 3.35. The smallest absolute Gasteiger partial charge is 0.171 e. The average molecular weight is 544 g/mol. The Labute approximate surface area is 238 Å². The summed E-state index contributed by atoms with van der Waals surface area (Å²) in [6.07, 6.45) is 0. The molecule has 0 bridgehead atoms. The fourth-order valence-electron chi connectivity index (χ4n) is 6.37. The molecule has 1 heterocycles. The van der Waals surface area contributed by atoms with E-state index in [0.717, 1.165) is 59.6 Å². The predicted octanol–water partition coefficient (Wildman–Crippen LogP) is 8.73. The van der Waals surface area contributed by atoms with Gasteiger partial charge in [-0.25, -0.2) is 0 Å². The Balaban J connectivity index is 1.48. The first-order valence-corrected chi connectivity index (χ1v) is 15.6. The standard InChI is InChI=1S/C38H26NOP/c40-41(29-16-5-2-6-17-29,38-25-27-13-7-8-18-31(27)32-19-9-10-21-34(32)38)30-23-24-37-35(26-30)33-20-11-12-22-36(33)39(37)28-14-3-1-4-15-28/h1-26H. The van der Waals surface area contributed by atoms with Crippen molar-refractivity contribution in [2.75, 3.05) is 0 Å². The van der Waals surface area contributed by atoms with Gasteiger partial charge in [0.25, 0.3) is 0 Å². The average Bonchev–Trinajstić information content (AvgIpc) is 3.38. The van der Waals surface area contributed by atoms with E-state index in [4.69, 9.17) is 0 Å². The lowest BCUT2D eigenvalue weighted by molar-refractivity contribution is 0.592. The van der Waals surface area contributed by atoms with E-state index in [9.17, 15) is 0 Å². The molecule has 0 fully saturated rings. The molecule has 7 aromatic carbocycles. The molecule has 1 aromatic heterocycles. The summed E-state index contributed by atoms with van der Waals surface area (Å²) in [5, 5.41) is 9.23. The summed E-state index contributed by atoms with van der Waals surface area (Å²) < 4.78 is 18.2. The minimum absolute atomic E-state index is 0.839. The van der Waals surface area contributed by atoms with E-state index in [1.54, 1.807) is 0 Å². The van der Waals surface area contributed by atoms with Crippen molar-refractivity contribution in [3.8, 4) is 5.69 Å². The zero-order valence-electron chi connectivity index (χ0n) is 22.3. The topological polar surface area (TPSA) is 22.0 Å². The second kappa shape index (κ2) is 9.34. The quantitative estimate of drug-likeness (QED) is 0.161. The van der Waals surface area contributed by atoms with E-state index in [1.807, 2.05) is 42.5 Å². The fourth-order valence-corrected chi connectivity index (χ4v) is 9.27. The number of benzene rings is 7. The van der Waals surface area contributed by atoms with E-state index < -0.39 is 7.14 Å². The maximum atomic E-state index is 15.9. The molecular weight excluding hydrogens is 517 g/mol. The van der Waals surface area contributed by atoms with Gasteiger partial charge in [-0.1, -0.05) is 115 Å². The third-order valence-electron chi connectivity index (χ3n) is 8.24. The van der Waals surface area contributed by atoms with Crippen molar-refractivity contribution in [2.45, 2.75) is 0 Å². The predicted molar refractivity (Wildman–Crippen MR) is 175 cm³/mol. The van der Waals surface area contributed by atoms with Crippen LogP contribution in [-0.4, -0.2) is 4.57 Å². The van der Waals surface area contributed by atoms with Gasteiger partial charge in [0, 0.05) is 32.4 Å². The van der Waals surface area contributed by atoms with Crippen molar-refractivity contribution in [1.82, 2.24) is 4.57 Å². The molecule has 0 saturated carbocycles. The first-order valence-electron chi connectivity index (χ1n) is 13.9. The number of hydrogen-bond acceptors (Lipinski definition) is 1. The van der Waals surface area contributed by atoms with Gasteiger partial charge in [0.05, 0.1) is 11.0 Å². The van der Waals surface area contributed by atoms with Gasteiger partial charge in [-0.05, 0) is 64.0 Å². The van der Waals surface area contributed by atoms with Crippen molar-refractivity contribution in [2.24, 2.45) is 0 Å². The van der Waals surface area contributed by atoms with Gasteiger partial charge >= 0.3 is 0 Å². The summed E-state index contributed by atoms with van der Waals surface area (Å²) in [5.74, 6) is 0. The van der Waals surface area contributed by atoms with Gasteiger partial charge in [0.2, 0.25) is 0 Å². The van der Waals surface area contributed by atoms with Crippen LogP contribution in [0, 0.1) is 0 Å². The molecule has 3 heteroatoms. The summed E-state index contributed by atoms with van der Waals surface area (Å²) in [4.78, 5) is 0. The highest BCUT2D eigenvalue weighted by molar-refractivity contribution is 7.85. The SMILES string of the molecule is O=P(c1ccccc1)(c1ccc2c(c1)c1ccccc1n2-c1ccccc1)c1cc2ccccc2c2ccccc12. The zero-order valence-corrected chi connectivity index (χ0v) is 23.2. The molecule has 8 aromatic rings. The number of nitrogens with zero attached hydrogens (tertiary/aromatic N) is 1. The second-order valence-corrected chi connectivity index (χ2v) is 13.2. The molecule has 0 aliphatic rings. The molecule has 8 rings (SSSR count). The van der Waals surface area contributed by atoms with Crippen molar-refractivity contribution in [3.63, 3.8) is 0 Å². The van der Waals surface area contributed by atoms with Crippen molar-refractivity contribution in [3.05, 3.63) is 158 Å². The molecular formula is C38H26NOP. The maximum Gasteiger partial charge on any atom is 0.171 e. The van der Waals surface area contributed by atoms with Crippen LogP contribution in [0.2, 0.25) is 0 Å². The fraction of sp³-hybridized carbons (Fsp3) is 0. The second-order valence-electron chi connectivity index (χ2n) is 10.5. The van der Waals surface area contributed by atoms with Gasteiger partial charge in [0.15, 0.2) is 7.14 Å². The van der Waals surface area contributed by atoms with Crippen molar-refractivity contribution in [1.29, 1.82) is 0 Å². The Hall–Kier alpha value is -4.91. The highest BCUT2D eigenvalue weighted by Gasteiger charge is 2.32. The van der Waals surface area contributed by atoms with E-state index in [1.165, 1.54) is 5.39 Å². The Morgan fingerprint density at radius 3 is 1.78 bits per heavy atom. The van der Waals surface area contributed by atoms with Gasteiger partial charge in [-0.2, -0.15) is 0 Å². The lowest BCUT2D eigenvalue weighted by atomic mass is 10.0. The zero-order chi connectivity index (χ0) is 27.4. The molecule has 0 N–H and O–H groups in total. The van der Waals surface area contributed by atoms with E-state index in [-0.39, 0.29) is 0 Å². The number of para-hydroxylation sites is 2. The van der Waals surface area contributed by atoms with E-state index in [0.29, 0.717) is 0 Å². The number of aromatic nitrogens is 1. The van der Waals surface area contributed by atoms with Gasteiger partial charge < -0.3 is 9.13 Å². The Kier molecular flexibility index (Phi) is 5.45. The van der Waals surface area contributed by atoms with Crippen molar-refractivity contribution >= 4 is 66.4 Å². The molecule has 0 radical (unpaired) electrons. The Morgan fingerprint density at radius 2 is 1.00 bits per heavy atom. The maximum absolute atomic E-state index is 15.9. The highest BCUT2D eigenvalue weighted by atomic mass is 31.2. The molecule has 0 amide bonds. The van der Waals surface area contributed by atoms with Gasteiger partial charge in [-0.15, -0.1) is 0 Å². The highest BCUT2D eigenvalue weighted by Crippen LogP contribution is 2.47. The van der Waals surface area contributed by atoms with Crippen LogP contribution in [0.15, 0.2) is 158 Å². The van der Waals surface area contributed by atoms with Gasteiger partial charge in [0.1, 0.15) is 0 Å². The van der Waals surface area contributed by atoms with Gasteiger partial charge in [-0.3, -0.25) is 0 Å². The molecule has 1 unspecified atom stereocenters. The Morgan fingerprint density at radius 1 is 0.415 bits per heavy atom. The minimum Gasteiger partial charge on any atom is -0.309 e. The van der Waals surface area contributed by atoms with Crippen LogP contribution in [0.4, 0.5) is 0 Å². The lowest BCUT2D eigenvalue weighted by Crippen LogP contribution is -2.25. The number of hydrogen-bond donors (Lipinski definition) is 0.